The van der Waals surface area contributed by atoms with Crippen molar-refractivity contribution >= 4 is 28.3 Å². The van der Waals surface area contributed by atoms with Crippen molar-refractivity contribution in [1.82, 2.24) is 4.98 Å². The molecule has 1 aromatic heterocycles. The van der Waals surface area contributed by atoms with Crippen LogP contribution in [0.5, 0.6) is 5.75 Å². The van der Waals surface area contributed by atoms with Crippen molar-refractivity contribution < 1.29 is 30.9 Å². The lowest BCUT2D eigenvalue weighted by molar-refractivity contribution is -0.253. The maximum atomic E-state index is 14.0. The average Bonchev–Trinajstić information content (AvgIpc) is 2.58. The van der Waals surface area contributed by atoms with Gasteiger partial charge in [-0.05, 0) is 45.0 Å². The summed E-state index contributed by atoms with van der Waals surface area (Å²) >= 11 is 5.80. The van der Waals surface area contributed by atoms with Crippen LogP contribution in [0, 0.1) is 5.82 Å². The Kier molecular flexibility index (Phi) is 7.00. The summed E-state index contributed by atoms with van der Waals surface area (Å²) in [5, 5.41) is 0.282. The van der Waals surface area contributed by atoms with E-state index in [1.165, 1.54) is 18.3 Å². The first-order chi connectivity index (χ1) is 13.3. The Labute approximate surface area is 171 Å². The Balaban J connectivity index is 2.60. The van der Waals surface area contributed by atoms with Crippen LogP contribution >= 0.6 is 11.6 Å². The summed E-state index contributed by atoms with van der Waals surface area (Å²) in [4.78, 5) is 4.02. The summed E-state index contributed by atoms with van der Waals surface area (Å²) in [6.07, 6.45) is -7.68. The molecule has 0 spiro atoms. The Bertz CT molecular complexity index is 931. The van der Waals surface area contributed by atoms with Gasteiger partial charge in [0.05, 0.1) is 15.5 Å². The van der Waals surface area contributed by atoms with Crippen molar-refractivity contribution in [3.8, 4) is 5.75 Å². The molecule has 1 heterocycles. The molecular weight excluding hydrogens is 439 g/mol. The predicted molar refractivity (Wildman–Crippen MR) is 101 cm³/mol. The van der Waals surface area contributed by atoms with E-state index in [2.05, 4.69) is 14.1 Å². The molecule has 29 heavy (non-hydrogen) atoms. The molecule has 0 unspecified atom stereocenters. The van der Waals surface area contributed by atoms with Crippen molar-refractivity contribution in [1.29, 1.82) is 0 Å². The first kappa shape index (κ1) is 23.2. The fourth-order valence-corrected chi connectivity index (χ4v) is 2.69. The van der Waals surface area contributed by atoms with Gasteiger partial charge in [-0.3, -0.25) is 4.98 Å². The molecule has 11 heteroatoms. The van der Waals surface area contributed by atoms with Crippen molar-refractivity contribution in [3.05, 3.63) is 58.6 Å². The van der Waals surface area contributed by atoms with Gasteiger partial charge in [-0.2, -0.15) is 22.0 Å². The molecule has 158 valence electrons. The quantitative estimate of drug-likeness (QED) is 0.433. The number of hydrogen-bond acceptors (Lipinski definition) is 3. The topological polar surface area (TPSA) is 51.5 Å². The Morgan fingerprint density at radius 2 is 1.86 bits per heavy atom. The average molecular weight is 455 g/mol. The minimum absolute atomic E-state index is 0.111. The second kappa shape index (κ2) is 8.74. The molecule has 4 nitrogen and oxygen atoms in total. The van der Waals surface area contributed by atoms with E-state index in [0.717, 1.165) is 12.1 Å². The van der Waals surface area contributed by atoms with Gasteiger partial charge in [-0.25, -0.2) is 8.60 Å². The van der Waals surface area contributed by atoms with E-state index in [0.29, 0.717) is 6.07 Å². The van der Waals surface area contributed by atoms with Gasteiger partial charge < -0.3 is 4.74 Å². The van der Waals surface area contributed by atoms with Crippen LogP contribution in [0.3, 0.4) is 0 Å². The SMILES string of the molecule is CC(C)(C)[S@](=O)N=C(c1cc(F)cc(OC(F)(F)C(F)F)c1)c1ccc(Cl)cn1. The molecule has 0 aliphatic heterocycles. The van der Waals surface area contributed by atoms with E-state index in [9.17, 15) is 26.2 Å². The Morgan fingerprint density at radius 1 is 1.21 bits per heavy atom. The predicted octanol–water partition coefficient (Wildman–Crippen LogP) is 5.41. The zero-order valence-electron chi connectivity index (χ0n) is 15.4. The molecule has 0 saturated carbocycles. The number of benzene rings is 1. The zero-order chi connectivity index (χ0) is 22.0. The van der Waals surface area contributed by atoms with Gasteiger partial charge in [0.25, 0.3) is 0 Å². The van der Waals surface area contributed by atoms with Crippen LogP contribution < -0.4 is 4.74 Å². The maximum absolute atomic E-state index is 14.0. The van der Waals surface area contributed by atoms with Gasteiger partial charge in [0.15, 0.2) is 0 Å². The van der Waals surface area contributed by atoms with Crippen LogP contribution in [0.2, 0.25) is 5.02 Å². The standard InChI is InChI=1S/C18H16ClF5N2O2S/c1-17(2,3)29(27)26-15(14-5-4-11(19)9-25-14)10-6-12(20)8-13(7-10)28-18(23,24)16(21)22/h4-9,16H,1-3H3/t29-/m0/s1. The monoisotopic (exact) mass is 454 g/mol. The summed E-state index contributed by atoms with van der Waals surface area (Å²) in [7, 11) is -1.83. The number of hydrogen-bond donors (Lipinski definition) is 0. The van der Waals surface area contributed by atoms with Crippen molar-refractivity contribution in [2.24, 2.45) is 4.40 Å². The fraction of sp³-hybridized carbons (Fsp3) is 0.333. The molecule has 0 amide bonds. The first-order valence-corrected chi connectivity index (χ1v) is 9.56. The van der Waals surface area contributed by atoms with Crippen LogP contribution in [0.25, 0.3) is 0 Å². The van der Waals surface area contributed by atoms with E-state index in [-0.39, 0.29) is 22.0 Å². The van der Waals surface area contributed by atoms with Crippen LogP contribution in [-0.4, -0.2) is 32.2 Å². The number of aromatic nitrogens is 1. The van der Waals surface area contributed by atoms with Gasteiger partial charge in [-0.15, -0.1) is 0 Å². The van der Waals surface area contributed by atoms with Crippen molar-refractivity contribution in [2.75, 3.05) is 0 Å². The molecule has 0 fully saturated rings. The first-order valence-electron chi connectivity index (χ1n) is 8.08. The highest BCUT2D eigenvalue weighted by atomic mass is 35.5. The van der Waals surface area contributed by atoms with E-state index < -0.39 is 39.8 Å². The fourth-order valence-electron chi connectivity index (χ4n) is 1.94. The van der Waals surface area contributed by atoms with Gasteiger partial charge in [-0.1, -0.05) is 11.6 Å². The molecule has 0 bridgehead atoms. The molecule has 1 atom stereocenters. The van der Waals surface area contributed by atoms with Gasteiger partial charge in [0.1, 0.15) is 28.3 Å². The highest BCUT2D eigenvalue weighted by Gasteiger charge is 2.44. The van der Waals surface area contributed by atoms with Crippen molar-refractivity contribution in [2.45, 2.75) is 38.1 Å². The van der Waals surface area contributed by atoms with Crippen molar-refractivity contribution in [3.63, 3.8) is 0 Å². The Hall–Kier alpha value is -2.07. The zero-order valence-corrected chi connectivity index (χ0v) is 17.0. The molecule has 0 saturated heterocycles. The van der Waals surface area contributed by atoms with Gasteiger partial charge in [0.2, 0.25) is 0 Å². The minimum atomic E-state index is -4.82. The number of halogens is 6. The molecule has 0 N–H and O–H groups in total. The van der Waals surface area contributed by atoms with Crippen LogP contribution in [0.4, 0.5) is 22.0 Å². The highest BCUT2D eigenvalue weighted by molar-refractivity contribution is 7.85. The molecule has 0 radical (unpaired) electrons. The lowest BCUT2D eigenvalue weighted by atomic mass is 10.1. The summed E-state index contributed by atoms with van der Waals surface area (Å²) in [5.41, 5.74) is -0.138. The third kappa shape index (κ3) is 6.20. The summed E-state index contributed by atoms with van der Waals surface area (Å²) in [6, 6.07) is 5.16. The van der Waals surface area contributed by atoms with E-state index >= 15 is 0 Å². The smallest absolute Gasteiger partial charge is 0.428 e. The molecule has 2 rings (SSSR count). The molecular formula is C18H16ClF5N2O2S. The summed E-state index contributed by atoms with van der Waals surface area (Å²) in [6.45, 7) is 4.93. The molecule has 2 aromatic rings. The normalized spacial score (nSPS) is 14.2. The van der Waals surface area contributed by atoms with Crippen LogP contribution in [-0.2, 0) is 11.0 Å². The number of rotatable bonds is 6. The van der Waals surface area contributed by atoms with Gasteiger partial charge >= 0.3 is 12.5 Å². The minimum Gasteiger partial charge on any atom is -0.428 e. The van der Waals surface area contributed by atoms with Crippen LogP contribution in [0.15, 0.2) is 40.9 Å². The molecule has 1 aromatic carbocycles. The number of nitrogens with zero attached hydrogens (tertiary/aromatic N) is 2. The number of pyridine rings is 1. The Morgan fingerprint density at radius 3 is 2.38 bits per heavy atom. The number of ether oxygens (including phenoxy) is 1. The third-order valence-corrected chi connectivity index (χ3v) is 4.94. The highest BCUT2D eigenvalue weighted by Crippen LogP contribution is 2.29. The lowest BCUT2D eigenvalue weighted by Gasteiger charge is -2.18. The lowest BCUT2D eigenvalue weighted by Crippen LogP contribution is -2.33. The van der Waals surface area contributed by atoms with Gasteiger partial charge in [0, 0.05) is 17.8 Å². The second-order valence-electron chi connectivity index (χ2n) is 6.80. The van der Waals surface area contributed by atoms with E-state index in [1.54, 1.807) is 20.8 Å². The summed E-state index contributed by atoms with van der Waals surface area (Å²) < 4.78 is 85.0. The summed E-state index contributed by atoms with van der Waals surface area (Å²) in [5.74, 6) is -1.90. The maximum Gasteiger partial charge on any atom is 0.461 e. The van der Waals surface area contributed by atoms with E-state index in [4.69, 9.17) is 11.6 Å². The molecule has 0 aliphatic rings. The van der Waals surface area contributed by atoms with E-state index in [1.807, 2.05) is 0 Å². The largest absolute Gasteiger partial charge is 0.461 e. The third-order valence-electron chi connectivity index (χ3n) is 3.32. The second-order valence-corrected chi connectivity index (χ2v) is 9.15. The molecule has 0 aliphatic carbocycles. The van der Waals surface area contributed by atoms with Crippen LogP contribution in [0.1, 0.15) is 32.0 Å². The number of alkyl halides is 4.